The summed E-state index contributed by atoms with van der Waals surface area (Å²) in [7, 11) is 0. The second-order valence-corrected chi connectivity index (χ2v) is 4.84. The van der Waals surface area contributed by atoms with Crippen molar-refractivity contribution in [1.29, 1.82) is 0 Å². The molecule has 2 aliphatic rings. The summed E-state index contributed by atoms with van der Waals surface area (Å²) in [4.78, 5) is 15.1. The molecule has 6 heteroatoms. The number of esters is 1. The van der Waals surface area contributed by atoms with Gasteiger partial charge in [-0.2, -0.15) is 0 Å². The van der Waals surface area contributed by atoms with Crippen LogP contribution in [0.4, 0.5) is 0 Å². The number of hydrogen-bond acceptors (Lipinski definition) is 6. The second kappa shape index (κ2) is 6.24. The number of fused-ring (bicyclic) bond motifs is 1. The summed E-state index contributed by atoms with van der Waals surface area (Å²) in [6.07, 6.45) is 7.33. The van der Waals surface area contributed by atoms with Gasteiger partial charge in [-0.3, -0.25) is 9.79 Å². The van der Waals surface area contributed by atoms with Crippen LogP contribution in [0.2, 0.25) is 0 Å². The number of ether oxygens (including phenoxy) is 2. The molecule has 0 aromatic heterocycles. The first-order valence-electron chi connectivity index (χ1n) is 5.58. The smallest absolute Gasteiger partial charge is 0.302 e. The molecule has 4 radical (unpaired) electrons. The zero-order valence-electron chi connectivity index (χ0n) is 10.0. The van der Waals surface area contributed by atoms with Gasteiger partial charge in [0, 0.05) is 26.3 Å². The molecule has 0 aromatic rings. The fourth-order valence-corrected chi connectivity index (χ4v) is 2.50. The summed E-state index contributed by atoms with van der Waals surface area (Å²) in [5, 5.41) is 3.93. The monoisotopic (exact) mass is 266 g/mol. The quantitative estimate of drug-likeness (QED) is 0.599. The van der Waals surface area contributed by atoms with Gasteiger partial charge < -0.3 is 14.8 Å². The van der Waals surface area contributed by atoms with Crippen LogP contribution in [0.25, 0.3) is 0 Å². The van der Waals surface area contributed by atoms with Gasteiger partial charge in [0.05, 0.1) is 6.04 Å². The summed E-state index contributed by atoms with van der Waals surface area (Å²) in [5.41, 5.74) is -0.126. The number of aliphatic imine (C=N–C) groups is 1. The Kier molecular flexibility index (Phi) is 4.66. The summed E-state index contributed by atoms with van der Waals surface area (Å²) >= 11 is 1.50. The molecule has 0 saturated carbocycles. The van der Waals surface area contributed by atoms with E-state index >= 15 is 0 Å². The molecule has 0 spiro atoms. The van der Waals surface area contributed by atoms with E-state index in [1.807, 2.05) is 0 Å². The van der Waals surface area contributed by atoms with Gasteiger partial charge in [0.15, 0.2) is 5.17 Å². The van der Waals surface area contributed by atoms with Crippen molar-refractivity contribution in [3.8, 4) is 0 Å². The zero-order valence-corrected chi connectivity index (χ0v) is 10.8. The Morgan fingerprint density at radius 1 is 1.72 bits per heavy atom. The maximum atomic E-state index is 10.7. The Balaban J connectivity index is 1.79. The summed E-state index contributed by atoms with van der Waals surface area (Å²) in [6.45, 7) is 5.83. The number of carbonyl (C=O) groups excluding carboxylic acids is 1. The van der Waals surface area contributed by atoms with E-state index < -0.39 is 0 Å². The van der Waals surface area contributed by atoms with Gasteiger partial charge in [-0.15, -0.1) is 6.58 Å². The lowest BCUT2D eigenvalue weighted by Crippen LogP contribution is -2.37. The second-order valence-electron chi connectivity index (χ2n) is 3.75. The lowest BCUT2D eigenvalue weighted by Gasteiger charge is -2.28. The Labute approximate surface area is 111 Å². The zero-order chi connectivity index (χ0) is 13.0. The van der Waals surface area contributed by atoms with Crippen molar-refractivity contribution < 1.29 is 14.3 Å². The molecule has 3 unspecified atom stereocenters. The molecular formula is C12H14N2O3S. The van der Waals surface area contributed by atoms with Crippen LogP contribution < -0.4 is 5.32 Å². The molecule has 2 heterocycles. The van der Waals surface area contributed by atoms with E-state index in [0.717, 1.165) is 5.17 Å². The first-order chi connectivity index (χ1) is 8.69. The van der Waals surface area contributed by atoms with Gasteiger partial charge in [-0.25, -0.2) is 0 Å². The summed E-state index contributed by atoms with van der Waals surface area (Å²) in [5.74, 6) is -0.328. The van der Waals surface area contributed by atoms with Gasteiger partial charge in [-0.05, 0) is 0 Å². The average molecular weight is 266 g/mol. The lowest BCUT2D eigenvalue weighted by atomic mass is 10.1. The molecule has 1 saturated heterocycles. The molecule has 3 atom stereocenters. The molecule has 0 aromatic carbocycles. The third-order valence-electron chi connectivity index (χ3n) is 2.27. The molecule has 2 aliphatic heterocycles. The lowest BCUT2D eigenvalue weighted by molar-refractivity contribution is -0.145. The molecule has 5 nitrogen and oxygen atoms in total. The minimum Gasteiger partial charge on any atom is -0.463 e. The van der Waals surface area contributed by atoms with E-state index in [1.165, 1.54) is 18.7 Å². The maximum Gasteiger partial charge on any atom is 0.302 e. The first-order valence-corrected chi connectivity index (χ1v) is 6.46. The van der Waals surface area contributed by atoms with Crippen LogP contribution in [0.1, 0.15) is 6.92 Å². The van der Waals surface area contributed by atoms with E-state index in [2.05, 4.69) is 29.7 Å². The fraction of sp³-hybridized carbons (Fsp3) is 0.500. The SMILES string of the molecule is C=CCNC1=NC2[C][C]C(COC(C)=O)OC2S1. The van der Waals surface area contributed by atoms with Crippen LogP contribution in [0.5, 0.6) is 0 Å². The van der Waals surface area contributed by atoms with Gasteiger partial charge >= 0.3 is 5.97 Å². The fourth-order valence-electron chi connectivity index (χ4n) is 1.49. The Bertz CT molecular complexity index is 359. The number of hydrogen-bond donors (Lipinski definition) is 1. The number of thioether (sulfide) groups is 1. The number of rotatable bonds is 4. The van der Waals surface area contributed by atoms with Gasteiger partial charge in [0.2, 0.25) is 0 Å². The highest BCUT2D eigenvalue weighted by atomic mass is 32.2. The predicted molar refractivity (Wildman–Crippen MR) is 68.8 cm³/mol. The first kappa shape index (κ1) is 13.4. The number of nitrogens with one attached hydrogen (secondary N) is 1. The third-order valence-corrected chi connectivity index (χ3v) is 3.34. The van der Waals surface area contributed by atoms with Crippen LogP contribution in [-0.4, -0.2) is 41.9 Å². The minimum absolute atomic E-state index is 0.126. The molecule has 0 amide bonds. The average Bonchev–Trinajstić information content (AvgIpc) is 2.75. The van der Waals surface area contributed by atoms with Gasteiger partial charge in [0.1, 0.15) is 18.1 Å². The molecular weight excluding hydrogens is 252 g/mol. The molecule has 2 rings (SSSR count). The van der Waals surface area contributed by atoms with E-state index in [0.29, 0.717) is 6.54 Å². The predicted octanol–water partition coefficient (Wildman–Crippen LogP) is 0.684. The van der Waals surface area contributed by atoms with Crippen molar-refractivity contribution in [2.24, 2.45) is 4.99 Å². The third kappa shape index (κ3) is 3.49. The Hall–Kier alpha value is -1.01. The van der Waals surface area contributed by atoms with Crippen molar-refractivity contribution in [2.45, 2.75) is 24.5 Å². The Morgan fingerprint density at radius 3 is 3.28 bits per heavy atom. The summed E-state index contributed by atoms with van der Waals surface area (Å²) < 4.78 is 10.6. The molecule has 18 heavy (non-hydrogen) atoms. The molecule has 1 N–H and O–H groups in total. The topological polar surface area (TPSA) is 59.9 Å². The minimum atomic E-state index is -0.364. The highest BCUT2D eigenvalue weighted by Crippen LogP contribution is 2.34. The highest BCUT2D eigenvalue weighted by molar-refractivity contribution is 8.14. The van der Waals surface area contributed by atoms with E-state index in [-0.39, 0.29) is 30.2 Å². The van der Waals surface area contributed by atoms with E-state index in [1.54, 1.807) is 6.08 Å². The van der Waals surface area contributed by atoms with Crippen LogP contribution in [0, 0.1) is 12.8 Å². The van der Waals surface area contributed by atoms with Gasteiger partial charge in [0.25, 0.3) is 0 Å². The molecule has 0 bridgehead atoms. The highest BCUT2D eigenvalue weighted by Gasteiger charge is 2.38. The van der Waals surface area contributed by atoms with Crippen molar-refractivity contribution >= 4 is 22.9 Å². The van der Waals surface area contributed by atoms with Crippen molar-refractivity contribution in [2.75, 3.05) is 13.2 Å². The number of amidine groups is 1. The largest absolute Gasteiger partial charge is 0.463 e. The molecule has 1 fully saturated rings. The van der Waals surface area contributed by atoms with Gasteiger partial charge in [-0.1, -0.05) is 17.8 Å². The van der Waals surface area contributed by atoms with Crippen LogP contribution in [0.15, 0.2) is 17.6 Å². The van der Waals surface area contributed by atoms with Crippen LogP contribution in [0.3, 0.4) is 0 Å². The van der Waals surface area contributed by atoms with Crippen LogP contribution in [-0.2, 0) is 14.3 Å². The van der Waals surface area contributed by atoms with Crippen molar-refractivity contribution in [3.05, 3.63) is 25.5 Å². The molecule has 0 aliphatic carbocycles. The van der Waals surface area contributed by atoms with Crippen LogP contribution >= 0.6 is 11.8 Å². The Morgan fingerprint density at radius 2 is 2.56 bits per heavy atom. The number of carbonyl (C=O) groups is 1. The van der Waals surface area contributed by atoms with Crippen molar-refractivity contribution in [3.63, 3.8) is 0 Å². The normalized spacial score (nSPS) is 30.3. The summed E-state index contributed by atoms with van der Waals surface area (Å²) in [6, 6.07) is -0.143. The van der Waals surface area contributed by atoms with E-state index in [4.69, 9.17) is 9.47 Å². The standard InChI is InChI=1S/C12H14N2O3S/c1-3-6-13-12-14-10-5-4-9(7-16-8(2)15)17-11(10)18-12/h3,9-11H,1,6-7H2,2H3,(H,13,14). The molecule has 96 valence electrons. The van der Waals surface area contributed by atoms with Crippen molar-refractivity contribution in [1.82, 2.24) is 5.32 Å². The number of nitrogens with zero attached hydrogens (tertiary/aromatic N) is 1. The maximum absolute atomic E-state index is 10.7. The van der Waals surface area contributed by atoms with E-state index in [9.17, 15) is 4.79 Å².